The molecule has 2 aromatic heterocycles. The average molecular weight is 346 g/mol. The van der Waals surface area contributed by atoms with Crippen molar-refractivity contribution in [2.75, 3.05) is 11.9 Å². The quantitative estimate of drug-likeness (QED) is 0.461. The van der Waals surface area contributed by atoms with Crippen molar-refractivity contribution in [3.05, 3.63) is 57.7 Å². The summed E-state index contributed by atoms with van der Waals surface area (Å²) in [4.78, 5) is 19.3. The Balaban J connectivity index is 1.82. The molecule has 24 heavy (non-hydrogen) atoms. The Hall–Kier alpha value is -2.62. The van der Waals surface area contributed by atoms with Gasteiger partial charge >= 0.3 is 0 Å². The molecule has 8 nitrogen and oxygen atoms in total. The van der Waals surface area contributed by atoms with Crippen LogP contribution in [-0.2, 0) is 0 Å². The summed E-state index contributed by atoms with van der Waals surface area (Å²) in [7, 11) is 0. The Morgan fingerprint density at radius 2 is 2.00 bits per heavy atom. The summed E-state index contributed by atoms with van der Waals surface area (Å²) in [6, 6.07) is 6.70. The van der Waals surface area contributed by atoms with Crippen LogP contribution in [0.2, 0.25) is 0 Å². The van der Waals surface area contributed by atoms with Crippen LogP contribution in [-0.4, -0.2) is 37.8 Å². The van der Waals surface area contributed by atoms with Crippen LogP contribution < -0.4 is 5.32 Å². The molecule has 0 unspecified atom stereocenters. The largest absolute Gasteiger partial charge is 0.394 e. The van der Waals surface area contributed by atoms with Crippen LogP contribution in [0, 0.1) is 10.1 Å². The van der Waals surface area contributed by atoms with E-state index in [0.29, 0.717) is 11.4 Å². The van der Waals surface area contributed by atoms with Crippen LogP contribution in [0.3, 0.4) is 0 Å². The van der Waals surface area contributed by atoms with Crippen molar-refractivity contribution in [2.45, 2.75) is 12.1 Å². The lowest BCUT2D eigenvalue weighted by atomic mass is 10.0. The number of anilines is 1. The number of fused-ring (bicyclic) bond motifs is 1. The third kappa shape index (κ3) is 3.18. The van der Waals surface area contributed by atoms with E-state index in [2.05, 4.69) is 15.3 Å². The van der Waals surface area contributed by atoms with Crippen LogP contribution in [0.5, 0.6) is 0 Å². The highest BCUT2D eigenvalue weighted by Gasteiger charge is 2.22. The molecule has 9 heteroatoms. The maximum Gasteiger partial charge on any atom is 0.269 e. The van der Waals surface area contributed by atoms with Gasteiger partial charge in [0.25, 0.3) is 5.69 Å². The number of non-ortho nitro benzene ring substituents is 1. The number of nitrogens with zero attached hydrogens (tertiary/aromatic N) is 3. The first-order chi connectivity index (χ1) is 11.6. The van der Waals surface area contributed by atoms with Crippen molar-refractivity contribution in [1.82, 2.24) is 9.97 Å². The molecule has 0 aliphatic rings. The Morgan fingerprint density at radius 3 is 2.67 bits per heavy atom. The molecular weight excluding hydrogens is 332 g/mol. The highest BCUT2D eigenvalue weighted by Crippen LogP contribution is 2.27. The lowest BCUT2D eigenvalue weighted by Crippen LogP contribution is -2.31. The number of aliphatic hydroxyl groups excluding tert-OH is 2. The number of aliphatic hydroxyl groups is 2. The summed E-state index contributed by atoms with van der Waals surface area (Å²) in [5.41, 5.74) is 0.401. The number of nitrogens with one attached hydrogen (secondary N) is 1. The molecule has 124 valence electrons. The molecule has 3 rings (SSSR count). The number of aromatic nitrogens is 2. The molecule has 0 amide bonds. The first kappa shape index (κ1) is 16.2. The van der Waals surface area contributed by atoms with Gasteiger partial charge in [-0.1, -0.05) is 0 Å². The molecule has 0 radical (unpaired) electrons. The Morgan fingerprint density at radius 1 is 1.25 bits per heavy atom. The minimum Gasteiger partial charge on any atom is -0.394 e. The van der Waals surface area contributed by atoms with Gasteiger partial charge in [0.2, 0.25) is 0 Å². The van der Waals surface area contributed by atoms with Gasteiger partial charge in [-0.3, -0.25) is 10.1 Å². The van der Waals surface area contributed by atoms with Crippen LogP contribution in [0.1, 0.15) is 11.7 Å². The second-order valence-corrected chi connectivity index (χ2v) is 5.98. The van der Waals surface area contributed by atoms with Crippen LogP contribution >= 0.6 is 11.3 Å². The number of thiophene rings is 1. The first-order valence-corrected chi connectivity index (χ1v) is 7.96. The van der Waals surface area contributed by atoms with Crippen LogP contribution in [0.4, 0.5) is 11.5 Å². The number of hydrogen-bond donors (Lipinski definition) is 3. The topological polar surface area (TPSA) is 121 Å². The smallest absolute Gasteiger partial charge is 0.269 e. The number of hydrogen-bond acceptors (Lipinski definition) is 8. The SMILES string of the molecule is O=[N+]([O-])c1ccc([C@@H](O)[C@H](CO)Nc2ncnc3sccc23)cc1. The molecule has 3 N–H and O–H groups in total. The van der Waals surface area contributed by atoms with Crippen molar-refractivity contribution in [3.63, 3.8) is 0 Å². The fourth-order valence-electron chi connectivity index (χ4n) is 2.33. The summed E-state index contributed by atoms with van der Waals surface area (Å²) < 4.78 is 0. The molecule has 0 fully saturated rings. The van der Waals surface area contributed by atoms with Gasteiger partial charge in [0.15, 0.2) is 0 Å². The maximum atomic E-state index is 10.7. The predicted octanol–water partition coefficient (Wildman–Crippen LogP) is 2.11. The normalized spacial score (nSPS) is 13.6. The molecule has 0 bridgehead atoms. The number of benzene rings is 1. The molecule has 2 atom stereocenters. The van der Waals surface area contributed by atoms with Crippen molar-refractivity contribution >= 4 is 33.1 Å². The van der Waals surface area contributed by atoms with Gasteiger partial charge in [0.1, 0.15) is 23.1 Å². The molecule has 0 saturated carbocycles. The van der Waals surface area contributed by atoms with Gasteiger partial charge < -0.3 is 15.5 Å². The Bertz CT molecular complexity index is 852. The summed E-state index contributed by atoms with van der Waals surface area (Å²) in [6.45, 7) is -0.339. The van der Waals surface area contributed by atoms with E-state index in [-0.39, 0.29) is 12.3 Å². The summed E-state index contributed by atoms with van der Waals surface area (Å²) in [6.07, 6.45) is 0.355. The van der Waals surface area contributed by atoms with E-state index in [1.54, 1.807) is 0 Å². The van der Waals surface area contributed by atoms with E-state index >= 15 is 0 Å². The predicted molar refractivity (Wildman–Crippen MR) is 90.0 cm³/mol. The monoisotopic (exact) mass is 346 g/mol. The van der Waals surface area contributed by atoms with E-state index in [4.69, 9.17) is 0 Å². The van der Waals surface area contributed by atoms with E-state index < -0.39 is 17.1 Å². The summed E-state index contributed by atoms with van der Waals surface area (Å²) in [5, 5.41) is 36.5. The minimum absolute atomic E-state index is 0.0600. The lowest BCUT2D eigenvalue weighted by molar-refractivity contribution is -0.384. The van der Waals surface area contributed by atoms with Gasteiger partial charge in [-0.05, 0) is 29.1 Å². The van der Waals surface area contributed by atoms with Gasteiger partial charge in [-0.15, -0.1) is 11.3 Å². The zero-order valence-corrected chi connectivity index (χ0v) is 13.2. The molecular formula is C15H14N4O4S. The fraction of sp³-hybridized carbons (Fsp3) is 0.200. The Labute approximate surface area is 140 Å². The molecule has 0 saturated heterocycles. The zero-order valence-electron chi connectivity index (χ0n) is 12.4. The lowest BCUT2D eigenvalue weighted by Gasteiger charge is -2.23. The summed E-state index contributed by atoms with van der Waals surface area (Å²) >= 11 is 1.47. The van der Waals surface area contributed by atoms with E-state index in [1.807, 2.05) is 11.4 Å². The van der Waals surface area contributed by atoms with Gasteiger partial charge in [-0.2, -0.15) is 0 Å². The number of nitro groups is 1. The van der Waals surface area contributed by atoms with E-state index in [9.17, 15) is 20.3 Å². The number of rotatable bonds is 6. The van der Waals surface area contributed by atoms with E-state index in [1.165, 1.54) is 41.9 Å². The van der Waals surface area contributed by atoms with Crippen LogP contribution in [0.15, 0.2) is 42.0 Å². The van der Waals surface area contributed by atoms with Crippen molar-refractivity contribution < 1.29 is 15.1 Å². The molecule has 0 aliphatic carbocycles. The third-order valence-electron chi connectivity index (χ3n) is 3.61. The fourth-order valence-corrected chi connectivity index (χ4v) is 3.06. The maximum absolute atomic E-state index is 10.7. The molecule has 3 aromatic rings. The van der Waals surface area contributed by atoms with Crippen molar-refractivity contribution in [2.24, 2.45) is 0 Å². The minimum atomic E-state index is -1.06. The van der Waals surface area contributed by atoms with Crippen LogP contribution in [0.25, 0.3) is 10.2 Å². The van der Waals surface area contributed by atoms with Gasteiger partial charge in [0.05, 0.1) is 23.0 Å². The molecule has 0 spiro atoms. The average Bonchev–Trinajstić information content (AvgIpc) is 3.08. The second-order valence-electron chi connectivity index (χ2n) is 5.09. The third-order valence-corrected chi connectivity index (χ3v) is 4.43. The second kappa shape index (κ2) is 6.87. The van der Waals surface area contributed by atoms with Crippen molar-refractivity contribution in [3.8, 4) is 0 Å². The number of nitro benzene ring substituents is 1. The van der Waals surface area contributed by atoms with Gasteiger partial charge in [0, 0.05) is 12.1 Å². The summed E-state index contributed by atoms with van der Waals surface area (Å²) in [5.74, 6) is 0.515. The zero-order chi connectivity index (χ0) is 17.1. The standard InChI is InChI=1S/C15H14N4O4S/c20-7-12(13(21)9-1-3-10(4-2-9)19(22)23)18-14-11-5-6-24-15(11)17-8-16-14/h1-6,8,12-13,20-21H,7H2,(H,16,17,18)/t12-,13+/m0/s1. The first-order valence-electron chi connectivity index (χ1n) is 7.08. The Kier molecular flexibility index (Phi) is 4.65. The molecule has 1 aromatic carbocycles. The van der Waals surface area contributed by atoms with E-state index in [0.717, 1.165) is 10.2 Å². The molecule has 0 aliphatic heterocycles. The van der Waals surface area contributed by atoms with Crippen molar-refractivity contribution in [1.29, 1.82) is 0 Å². The van der Waals surface area contributed by atoms with Gasteiger partial charge in [-0.25, -0.2) is 9.97 Å². The highest BCUT2D eigenvalue weighted by molar-refractivity contribution is 7.16. The molecule has 2 heterocycles. The highest BCUT2D eigenvalue weighted by atomic mass is 32.1.